The first-order valence-electron chi connectivity index (χ1n) is 25.6. The number of hydrogen-bond acceptors (Lipinski definition) is 1. The Morgan fingerprint density at radius 1 is 0.338 bits per heavy atom. The van der Waals surface area contributed by atoms with E-state index in [2.05, 4.69) is 271 Å². The second-order valence-corrected chi connectivity index (χ2v) is 22.2. The highest BCUT2D eigenvalue weighted by Crippen LogP contribution is 2.61. The largest absolute Gasteiger partial charge is 0.310 e. The van der Waals surface area contributed by atoms with Gasteiger partial charge in [0.15, 0.2) is 0 Å². The maximum atomic E-state index is 2.61. The third-order valence-electron chi connectivity index (χ3n) is 17.0. The summed E-state index contributed by atoms with van der Waals surface area (Å²) in [6, 6.07) is 85.2. The molecule has 0 fully saturated rings. The van der Waals surface area contributed by atoms with Crippen LogP contribution in [0.3, 0.4) is 0 Å². The van der Waals surface area contributed by atoms with Crippen molar-refractivity contribution in [3.05, 3.63) is 269 Å². The van der Waals surface area contributed by atoms with Crippen molar-refractivity contribution in [1.29, 1.82) is 0 Å². The highest BCUT2D eigenvalue weighted by atomic mass is 15.1. The van der Waals surface area contributed by atoms with Crippen molar-refractivity contribution in [3.8, 4) is 44.5 Å². The van der Waals surface area contributed by atoms with Gasteiger partial charge in [-0.05, 0) is 154 Å². The van der Waals surface area contributed by atoms with Crippen LogP contribution in [-0.4, -0.2) is 0 Å². The van der Waals surface area contributed by atoms with E-state index in [1.54, 1.807) is 0 Å². The van der Waals surface area contributed by atoms with Gasteiger partial charge < -0.3 is 4.90 Å². The zero-order chi connectivity index (χ0) is 48.3. The van der Waals surface area contributed by atoms with E-state index >= 15 is 0 Å². The smallest absolute Gasteiger partial charge is 0.0714 e. The maximum Gasteiger partial charge on any atom is 0.0714 e. The minimum Gasteiger partial charge on any atom is -0.310 e. The Hall–Kier alpha value is -7.74. The van der Waals surface area contributed by atoms with Crippen LogP contribution in [0.15, 0.2) is 224 Å². The number of rotatable bonds is 7. The number of benzene rings is 10. The summed E-state index contributed by atoms with van der Waals surface area (Å²) in [5.41, 5.74) is 23.7. The van der Waals surface area contributed by atoms with E-state index in [0.717, 1.165) is 24.2 Å². The molecule has 0 atom stereocenters. The lowest BCUT2D eigenvalue weighted by Gasteiger charge is -2.43. The molecule has 13 rings (SSSR count). The summed E-state index contributed by atoms with van der Waals surface area (Å²) in [6.45, 7) is 14.7. The molecule has 1 heteroatoms. The van der Waals surface area contributed by atoms with Gasteiger partial charge in [-0.25, -0.2) is 0 Å². The molecule has 0 N–H and O–H groups in total. The summed E-state index contributed by atoms with van der Waals surface area (Å²) in [6.07, 6.45) is 2.28. The normalized spacial score (nSPS) is 16.1. The van der Waals surface area contributed by atoms with Crippen LogP contribution in [0.2, 0.25) is 0 Å². The van der Waals surface area contributed by atoms with E-state index in [9.17, 15) is 0 Å². The molecular weight excluding hydrogens is 855 g/mol. The lowest BCUT2D eigenvalue weighted by atomic mass is 9.61. The SMILES string of the molecule is CC1(C)CCC(C)(C)c2c(-c3cc4c(cc3N(c3ccc(-c5cccc6ccccc56)cc3)c3ccc5c(c3)C(C)(C)c3ccccc3-5)C(c3ccccc3)(c3ccccc3)c3ccccc3-4)cccc21. The van der Waals surface area contributed by atoms with Crippen LogP contribution in [0, 0.1) is 0 Å². The minimum absolute atomic E-state index is 0.0395. The van der Waals surface area contributed by atoms with Gasteiger partial charge in [-0.2, -0.15) is 0 Å². The molecule has 0 saturated carbocycles. The fourth-order valence-corrected chi connectivity index (χ4v) is 13.4. The maximum absolute atomic E-state index is 2.61. The monoisotopic (exact) mass is 913 g/mol. The first kappa shape index (κ1) is 43.3. The molecule has 0 amide bonds. The Bertz CT molecular complexity index is 3680. The second kappa shape index (κ2) is 15.9. The van der Waals surface area contributed by atoms with Crippen molar-refractivity contribution < 1.29 is 0 Å². The van der Waals surface area contributed by atoms with E-state index in [4.69, 9.17) is 0 Å². The van der Waals surface area contributed by atoms with E-state index < -0.39 is 5.41 Å². The molecule has 1 nitrogen and oxygen atoms in total. The Morgan fingerprint density at radius 3 is 1.61 bits per heavy atom. The van der Waals surface area contributed by atoms with Crippen molar-refractivity contribution >= 4 is 27.8 Å². The third kappa shape index (κ3) is 6.45. The molecule has 0 aliphatic heterocycles. The molecule has 0 aromatic heterocycles. The van der Waals surface area contributed by atoms with Crippen LogP contribution < -0.4 is 4.90 Å². The summed E-state index contributed by atoms with van der Waals surface area (Å²) in [7, 11) is 0. The molecule has 0 bridgehead atoms. The van der Waals surface area contributed by atoms with Gasteiger partial charge in [0.25, 0.3) is 0 Å². The van der Waals surface area contributed by atoms with E-state index in [-0.39, 0.29) is 16.2 Å². The molecule has 0 heterocycles. The van der Waals surface area contributed by atoms with Crippen molar-refractivity contribution in [2.75, 3.05) is 4.90 Å². The molecule has 71 heavy (non-hydrogen) atoms. The Labute approximate surface area is 420 Å². The van der Waals surface area contributed by atoms with Gasteiger partial charge in [-0.1, -0.05) is 230 Å². The molecule has 0 radical (unpaired) electrons. The van der Waals surface area contributed by atoms with Crippen LogP contribution in [-0.2, 0) is 21.7 Å². The number of anilines is 3. The number of hydrogen-bond donors (Lipinski definition) is 0. The summed E-state index contributed by atoms with van der Waals surface area (Å²) >= 11 is 0. The van der Waals surface area contributed by atoms with Gasteiger partial charge in [-0.15, -0.1) is 0 Å². The molecule has 10 aromatic rings. The predicted octanol–water partition coefficient (Wildman–Crippen LogP) is 18.7. The fraction of sp³-hybridized carbons (Fsp3) is 0.171. The molecule has 3 aliphatic rings. The Kier molecular flexibility index (Phi) is 9.69. The second-order valence-electron chi connectivity index (χ2n) is 22.2. The lowest BCUT2D eigenvalue weighted by Crippen LogP contribution is -2.34. The van der Waals surface area contributed by atoms with Gasteiger partial charge in [-0.3, -0.25) is 0 Å². The van der Waals surface area contributed by atoms with E-state index in [1.165, 1.54) is 105 Å². The van der Waals surface area contributed by atoms with Crippen LogP contribution in [0.5, 0.6) is 0 Å². The lowest BCUT2D eigenvalue weighted by molar-refractivity contribution is 0.333. The first-order valence-corrected chi connectivity index (χ1v) is 25.6. The van der Waals surface area contributed by atoms with Gasteiger partial charge in [0.1, 0.15) is 0 Å². The predicted molar refractivity (Wildman–Crippen MR) is 300 cm³/mol. The highest BCUT2D eigenvalue weighted by molar-refractivity contribution is 6.00. The molecular formula is C70H59N. The molecule has 10 aromatic carbocycles. The Balaban J connectivity index is 1.15. The van der Waals surface area contributed by atoms with Gasteiger partial charge >= 0.3 is 0 Å². The van der Waals surface area contributed by atoms with Crippen molar-refractivity contribution in [2.45, 2.75) is 76.0 Å². The molecule has 0 unspecified atom stereocenters. The zero-order valence-corrected chi connectivity index (χ0v) is 41.7. The molecule has 344 valence electrons. The summed E-state index contributed by atoms with van der Waals surface area (Å²) in [4.78, 5) is 2.60. The quantitative estimate of drug-likeness (QED) is 0.154. The number of fused-ring (bicyclic) bond motifs is 8. The topological polar surface area (TPSA) is 3.24 Å². The minimum atomic E-state index is -0.579. The van der Waals surface area contributed by atoms with Crippen LogP contribution >= 0.6 is 0 Å². The van der Waals surface area contributed by atoms with E-state index in [1.807, 2.05) is 0 Å². The van der Waals surface area contributed by atoms with Crippen molar-refractivity contribution in [2.24, 2.45) is 0 Å². The molecule has 3 aliphatic carbocycles. The summed E-state index contributed by atoms with van der Waals surface area (Å²) in [5.74, 6) is 0. The van der Waals surface area contributed by atoms with Crippen LogP contribution in [0.1, 0.15) is 98.9 Å². The van der Waals surface area contributed by atoms with E-state index in [0.29, 0.717) is 0 Å². The fourth-order valence-electron chi connectivity index (χ4n) is 13.4. The molecule has 0 saturated heterocycles. The standard InChI is InChI=1S/C70H59N/c1-67(2)41-42-68(3,4)66-57(31-20-34-62(66)67)59-44-58-55-29-16-18-33-61(55)70(48-23-9-7-10-24-48,49-25-11-8-12-26-49)64(58)45-65(59)71(51-39-40-56-54-28-15-17-32-60(54)69(5,6)63(56)43-51)50-37-35-47(36-38-50)53-30-19-22-46-21-13-14-27-52(46)53/h7-40,43-45H,41-42H2,1-6H3. The van der Waals surface area contributed by atoms with Gasteiger partial charge in [0.2, 0.25) is 0 Å². The summed E-state index contributed by atoms with van der Waals surface area (Å²) in [5, 5.41) is 2.51. The molecule has 0 spiro atoms. The van der Waals surface area contributed by atoms with Gasteiger partial charge in [0, 0.05) is 22.4 Å². The average molecular weight is 914 g/mol. The van der Waals surface area contributed by atoms with Crippen molar-refractivity contribution in [1.82, 2.24) is 0 Å². The zero-order valence-electron chi connectivity index (χ0n) is 41.7. The average Bonchev–Trinajstić information content (AvgIpc) is 3.82. The Morgan fingerprint density at radius 2 is 0.873 bits per heavy atom. The highest BCUT2D eigenvalue weighted by Gasteiger charge is 2.48. The first-order chi connectivity index (χ1) is 34.5. The number of nitrogens with zero attached hydrogens (tertiary/aromatic N) is 1. The van der Waals surface area contributed by atoms with Crippen LogP contribution in [0.4, 0.5) is 17.1 Å². The summed E-state index contributed by atoms with van der Waals surface area (Å²) < 4.78 is 0. The van der Waals surface area contributed by atoms with Crippen molar-refractivity contribution in [3.63, 3.8) is 0 Å². The third-order valence-corrected chi connectivity index (χ3v) is 17.0. The van der Waals surface area contributed by atoms with Crippen LogP contribution in [0.25, 0.3) is 55.3 Å². The van der Waals surface area contributed by atoms with Gasteiger partial charge in [0.05, 0.1) is 11.1 Å².